The van der Waals surface area contributed by atoms with Gasteiger partial charge in [-0.2, -0.15) is 0 Å². The van der Waals surface area contributed by atoms with Gasteiger partial charge in [0.25, 0.3) is 5.91 Å². The molecule has 5 nitrogen and oxygen atoms in total. The van der Waals surface area contributed by atoms with Crippen molar-refractivity contribution in [3.8, 4) is 11.8 Å². The number of nitrogens with one attached hydrogen (secondary N) is 1. The van der Waals surface area contributed by atoms with E-state index in [9.17, 15) is 4.79 Å². The molecule has 0 saturated heterocycles. The summed E-state index contributed by atoms with van der Waals surface area (Å²) < 4.78 is 4.97. The van der Waals surface area contributed by atoms with Crippen LogP contribution in [-0.2, 0) is 0 Å². The van der Waals surface area contributed by atoms with E-state index in [0.717, 1.165) is 0 Å². The molecule has 108 valence electrons. The molecular formula is C15H13ClN2O3. The number of aromatic nitrogens is 1. The Morgan fingerprint density at radius 2 is 2.24 bits per heavy atom. The van der Waals surface area contributed by atoms with Gasteiger partial charge in [-0.3, -0.25) is 4.79 Å². The molecule has 0 atom stereocenters. The topological polar surface area (TPSA) is 75.4 Å². The first-order valence-electron chi connectivity index (χ1n) is 6.16. The first-order chi connectivity index (χ1) is 10.0. The van der Waals surface area contributed by atoms with Crippen molar-refractivity contribution in [2.45, 2.75) is 13.8 Å². The minimum absolute atomic E-state index is 0.233. The van der Waals surface area contributed by atoms with Crippen molar-refractivity contribution >= 4 is 23.2 Å². The number of benzene rings is 1. The van der Waals surface area contributed by atoms with Gasteiger partial charge >= 0.3 is 0 Å². The van der Waals surface area contributed by atoms with Crippen LogP contribution in [-0.4, -0.2) is 22.8 Å². The van der Waals surface area contributed by atoms with Gasteiger partial charge in [-0.15, -0.1) is 0 Å². The van der Waals surface area contributed by atoms with Crippen LogP contribution >= 0.6 is 11.6 Å². The quantitative estimate of drug-likeness (QED) is 0.836. The predicted molar refractivity (Wildman–Crippen MR) is 79.3 cm³/mol. The van der Waals surface area contributed by atoms with Crippen molar-refractivity contribution in [2.75, 3.05) is 11.9 Å². The van der Waals surface area contributed by atoms with E-state index in [1.54, 1.807) is 32.0 Å². The van der Waals surface area contributed by atoms with Crippen LogP contribution in [0.15, 0.2) is 22.7 Å². The number of rotatable bonds is 2. The molecule has 1 heterocycles. The normalized spacial score (nSPS) is 9.90. The molecule has 1 aromatic heterocycles. The van der Waals surface area contributed by atoms with Gasteiger partial charge in [0.15, 0.2) is 0 Å². The Bertz CT molecular complexity index is 722. The first kappa shape index (κ1) is 15.1. The van der Waals surface area contributed by atoms with Gasteiger partial charge < -0.3 is 14.9 Å². The second-order valence-corrected chi connectivity index (χ2v) is 4.72. The maximum Gasteiger partial charge on any atom is 0.261 e. The molecule has 0 aliphatic carbocycles. The number of carbonyl (C=O) groups is 1. The molecule has 0 saturated carbocycles. The highest BCUT2D eigenvalue weighted by molar-refractivity contribution is 6.34. The van der Waals surface area contributed by atoms with E-state index in [2.05, 4.69) is 22.3 Å². The van der Waals surface area contributed by atoms with Crippen LogP contribution in [0, 0.1) is 25.7 Å². The van der Waals surface area contributed by atoms with E-state index in [1.807, 2.05) is 0 Å². The molecule has 1 amide bonds. The van der Waals surface area contributed by atoms with Crippen LogP contribution in [0.25, 0.3) is 0 Å². The zero-order chi connectivity index (χ0) is 15.4. The summed E-state index contributed by atoms with van der Waals surface area (Å²) in [7, 11) is 0. The second-order valence-electron chi connectivity index (χ2n) is 4.31. The molecule has 1 aromatic carbocycles. The third-order valence-electron chi connectivity index (χ3n) is 2.79. The summed E-state index contributed by atoms with van der Waals surface area (Å²) >= 11 is 6.06. The molecule has 0 unspecified atom stereocenters. The number of hydrogen-bond acceptors (Lipinski definition) is 4. The van der Waals surface area contributed by atoms with Crippen molar-refractivity contribution in [1.82, 2.24) is 5.16 Å². The molecule has 2 rings (SSSR count). The van der Waals surface area contributed by atoms with Crippen LogP contribution < -0.4 is 5.32 Å². The number of carbonyl (C=O) groups excluding carboxylic acids is 1. The molecule has 0 radical (unpaired) electrons. The van der Waals surface area contributed by atoms with E-state index < -0.39 is 0 Å². The third-order valence-corrected chi connectivity index (χ3v) is 3.12. The maximum absolute atomic E-state index is 12.2. The summed E-state index contributed by atoms with van der Waals surface area (Å²) in [4.78, 5) is 12.2. The smallest absolute Gasteiger partial charge is 0.261 e. The number of aryl methyl sites for hydroxylation is 2. The van der Waals surface area contributed by atoms with Gasteiger partial charge in [-0.1, -0.05) is 28.6 Å². The number of nitrogens with zero attached hydrogens (tertiary/aromatic N) is 1. The van der Waals surface area contributed by atoms with E-state index >= 15 is 0 Å². The van der Waals surface area contributed by atoms with Gasteiger partial charge in [0.2, 0.25) is 0 Å². The Morgan fingerprint density at radius 3 is 2.86 bits per heavy atom. The highest BCUT2D eigenvalue weighted by Gasteiger charge is 2.18. The predicted octanol–water partition coefficient (Wildman–Crippen LogP) is 2.54. The Labute approximate surface area is 126 Å². The molecule has 0 aliphatic rings. The first-order valence-corrected chi connectivity index (χ1v) is 6.54. The summed E-state index contributed by atoms with van der Waals surface area (Å²) in [5, 5.41) is 15.5. The largest absolute Gasteiger partial charge is 0.384 e. The monoisotopic (exact) mass is 304 g/mol. The summed E-state index contributed by atoms with van der Waals surface area (Å²) in [6.07, 6.45) is 0. The average Bonchev–Trinajstić information content (AvgIpc) is 2.79. The van der Waals surface area contributed by atoms with Gasteiger partial charge in [0, 0.05) is 5.56 Å². The molecule has 6 heteroatoms. The zero-order valence-corrected chi connectivity index (χ0v) is 12.3. The van der Waals surface area contributed by atoms with Crippen molar-refractivity contribution < 1.29 is 14.4 Å². The molecule has 2 aromatic rings. The zero-order valence-electron chi connectivity index (χ0n) is 11.5. The lowest BCUT2D eigenvalue weighted by Gasteiger charge is -2.07. The minimum atomic E-state index is -0.347. The lowest BCUT2D eigenvalue weighted by Crippen LogP contribution is -2.14. The third kappa shape index (κ3) is 3.43. The van der Waals surface area contributed by atoms with Crippen LogP contribution in [0.1, 0.15) is 27.4 Å². The fourth-order valence-electron chi connectivity index (χ4n) is 1.83. The van der Waals surface area contributed by atoms with Crippen molar-refractivity contribution in [2.24, 2.45) is 0 Å². The van der Waals surface area contributed by atoms with Crippen molar-refractivity contribution in [3.05, 3.63) is 45.8 Å². The van der Waals surface area contributed by atoms with Crippen molar-refractivity contribution in [3.63, 3.8) is 0 Å². The van der Waals surface area contributed by atoms with E-state index in [-0.39, 0.29) is 12.5 Å². The summed E-state index contributed by atoms with van der Waals surface area (Å²) in [5.41, 5.74) is 1.98. The highest BCUT2D eigenvalue weighted by Crippen LogP contribution is 2.24. The molecule has 0 spiro atoms. The van der Waals surface area contributed by atoms with Gasteiger partial charge in [-0.05, 0) is 32.0 Å². The van der Waals surface area contributed by atoms with Crippen LogP contribution in [0.2, 0.25) is 5.02 Å². The van der Waals surface area contributed by atoms with Crippen LogP contribution in [0.3, 0.4) is 0 Å². The van der Waals surface area contributed by atoms with E-state index in [1.165, 1.54) is 0 Å². The number of aliphatic hydroxyl groups excluding tert-OH is 1. The summed E-state index contributed by atoms with van der Waals surface area (Å²) in [5.74, 6) is 5.38. The Hall–Kier alpha value is -2.29. The lowest BCUT2D eigenvalue weighted by molar-refractivity contribution is 0.102. The molecule has 21 heavy (non-hydrogen) atoms. The van der Waals surface area contributed by atoms with Crippen LogP contribution in [0.4, 0.5) is 5.69 Å². The van der Waals surface area contributed by atoms with Gasteiger partial charge in [0.1, 0.15) is 17.9 Å². The SMILES string of the molecule is Cc1noc(C)c1C(=O)Nc1cc(C#CCO)ccc1Cl. The molecule has 2 N–H and O–H groups in total. The molecule has 0 aliphatic heterocycles. The summed E-state index contributed by atoms with van der Waals surface area (Å²) in [6.45, 7) is 3.12. The fourth-order valence-corrected chi connectivity index (χ4v) is 2.00. The Morgan fingerprint density at radius 1 is 1.48 bits per heavy atom. The van der Waals surface area contributed by atoms with Crippen LogP contribution in [0.5, 0.6) is 0 Å². The molecule has 0 fully saturated rings. The number of aliphatic hydroxyl groups is 1. The fraction of sp³-hybridized carbons (Fsp3) is 0.200. The molecular weight excluding hydrogens is 292 g/mol. The number of halogens is 1. The lowest BCUT2D eigenvalue weighted by atomic mass is 10.1. The standard InChI is InChI=1S/C15H13ClN2O3/c1-9-14(10(2)21-18-9)15(20)17-13-8-11(4-3-7-19)5-6-12(13)16/h5-6,8,19H,7H2,1-2H3,(H,17,20). The van der Waals surface area contributed by atoms with Gasteiger partial charge in [-0.25, -0.2) is 0 Å². The number of anilines is 1. The van der Waals surface area contributed by atoms with Crippen molar-refractivity contribution in [1.29, 1.82) is 0 Å². The van der Waals surface area contributed by atoms with E-state index in [4.69, 9.17) is 21.2 Å². The Kier molecular flexibility index (Phi) is 4.63. The number of amides is 1. The minimum Gasteiger partial charge on any atom is -0.384 e. The highest BCUT2D eigenvalue weighted by atomic mass is 35.5. The Balaban J connectivity index is 2.29. The van der Waals surface area contributed by atoms with Gasteiger partial charge in [0.05, 0.1) is 16.4 Å². The second kappa shape index (κ2) is 6.44. The molecule has 0 bridgehead atoms. The maximum atomic E-state index is 12.2. The summed E-state index contributed by atoms with van der Waals surface area (Å²) in [6, 6.07) is 4.98. The number of hydrogen-bond donors (Lipinski definition) is 2. The van der Waals surface area contributed by atoms with E-state index in [0.29, 0.717) is 33.3 Å². The average molecular weight is 305 g/mol.